The van der Waals surface area contributed by atoms with Crippen LogP contribution in [0.5, 0.6) is 0 Å². The zero-order chi connectivity index (χ0) is 12.1. The van der Waals surface area contributed by atoms with E-state index in [1.807, 2.05) is 0 Å². The molecule has 1 unspecified atom stereocenters. The van der Waals surface area contributed by atoms with Gasteiger partial charge in [0.1, 0.15) is 0 Å². The molecule has 0 aromatic carbocycles. The second kappa shape index (κ2) is 5.25. The number of nitrogens with two attached hydrogens (primary N) is 1. The minimum atomic E-state index is -0.865. The van der Waals surface area contributed by atoms with E-state index in [2.05, 4.69) is 10.3 Å². The van der Waals surface area contributed by atoms with E-state index in [0.29, 0.717) is 5.69 Å². The van der Waals surface area contributed by atoms with Crippen LogP contribution in [0.4, 0.5) is 0 Å². The first-order chi connectivity index (χ1) is 7.52. The van der Waals surface area contributed by atoms with Crippen molar-refractivity contribution < 1.29 is 9.59 Å². The summed E-state index contributed by atoms with van der Waals surface area (Å²) in [6, 6.07) is 4.25. The van der Waals surface area contributed by atoms with Crippen molar-refractivity contribution in [1.82, 2.24) is 10.3 Å². The fraction of sp³-hybridized carbons (Fsp3) is 0.364. The molecule has 86 valence electrons. The molecule has 5 heteroatoms. The van der Waals surface area contributed by atoms with Crippen LogP contribution in [0, 0.1) is 5.92 Å². The standard InChI is InChI=1S/C11H15N3O2/c1-7(2)11(16)14-9(10(12)15)8-5-3-4-6-13-8/h3-7,9H,1-2H3,(H2,12,15)(H,14,16). The maximum atomic E-state index is 11.5. The summed E-state index contributed by atoms with van der Waals surface area (Å²) in [6.45, 7) is 3.48. The molecule has 0 saturated carbocycles. The average Bonchev–Trinajstić information content (AvgIpc) is 2.26. The lowest BCUT2D eigenvalue weighted by Crippen LogP contribution is -2.39. The van der Waals surface area contributed by atoms with E-state index in [0.717, 1.165) is 0 Å². The van der Waals surface area contributed by atoms with Gasteiger partial charge in [0.15, 0.2) is 6.04 Å². The predicted molar refractivity (Wildman–Crippen MR) is 59.2 cm³/mol. The minimum Gasteiger partial charge on any atom is -0.368 e. The molecule has 2 amide bonds. The zero-order valence-electron chi connectivity index (χ0n) is 9.31. The van der Waals surface area contributed by atoms with Gasteiger partial charge in [-0.25, -0.2) is 0 Å². The number of primary amides is 1. The summed E-state index contributed by atoms with van der Waals surface area (Å²) in [7, 11) is 0. The predicted octanol–water partition coefficient (Wildman–Crippen LogP) is 0.380. The SMILES string of the molecule is CC(C)C(=O)NC(C(N)=O)c1ccccn1. The molecule has 0 aliphatic heterocycles. The van der Waals surface area contributed by atoms with Gasteiger partial charge in [-0.2, -0.15) is 0 Å². The smallest absolute Gasteiger partial charge is 0.246 e. The second-order valence-corrected chi connectivity index (χ2v) is 3.75. The first kappa shape index (κ1) is 12.2. The van der Waals surface area contributed by atoms with Gasteiger partial charge in [-0.05, 0) is 12.1 Å². The van der Waals surface area contributed by atoms with Crippen LogP contribution >= 0.6 is 0 Å². The van der Waals surface area contributed by atoms with Gasteiger partial charge in [0, 0.05) is 12.1 Å². The van der Waals surface area contributed by atoms with Gasteiger partial charge in [0.25, 0.3) is 0 Å². The van der Waals surface area contributed by atoms with Crippen molar-refractivity contribution in [3.8, 4) is 0 Å². The molecule has 1 heterocycles. The van der Waals surface area contributed by atoms with Gasteiger partial charge in [0.2, 0.25) is 11.8 Å². The number of aromatic nitrogens is 1. The monoisotopic (exact) mass is 221 g/mol. The Labute approximate surface area is 94.1 Å². The molecule has 1 aromatic heterocycles. The van der Waals surface area contributed by atoms with E-state index in [1.165, 1.54) is 0 Å². The van der Waals surface area contributed by atoms with Crippen molar-refractivity contribution in [2.45, 2.75) is 19.9 Å². The third-order valence-corrected chi connectivity index (χ3v) is 2.08. The van der Waals surface area contributed by atoms with Gasteiger partial charge in [0.05, 0.1) is 5.69 Å². The highest BCUT2D eigenvalue weighted by Crippen LogP contribution is 2.09. The largest absolute Gasteiger partial charge is 0.368 e. The van der Waals surface area contributed by atoms with E-state index in [9.17, 15) is 9.59 Å². The molecule has 0 radical (unpaired) electrons. The number of carbonyl (C=O) groups is 2. The molecular formula is C11H15N3O2. The summed E-state index contributed by atoms with van der Waals surface area (Å²) in [6.07, 6.45) is 1.55. The van der Waals surface area contributed by atoms with Crippen LogP contribution in [0.25, 0.3) is 0 Å². The van der Waals surface area contributed by atoms with Crippen LogP contribution in [-0.4, -0.2) is 16.8 Å². The van der Waals surface area contributed by atoms with E-state index >= 15 is 0 Å². The van der Waals surface area contributed by atoms with Crippen LogP contribution in [-0.2, 0) is 9.59 Å². The Bertz CT molecular complexity index is 376. The van der Waals surface area contributed by atoms with Crippen molar-refractivity contribution in [3.63, 3.8) is 0 Å². The Hall–Kier alpha value is -1.91. The Morgan fingerprint density at radius 1 is 1.38 bits per heavy atom. The Balaban J connectivity index is 2.85. The summed E-state index contributed by atoms with van der Waals surface area (Å²) in [5.41, 5.74) is 5.67. The maximum absolute atomic E-state index is 11.5. The molecular weight excluding hydrogens is 206 g/mol. The molecule has 0 fully saturated rings. The molecule has 16 heavy (non-hydrogen) atoms. The number of rotatable bonds is 4. The topological polar surface area (TPSA) is 85.1 Å². The highest BCUT2D eigenvalue weighted by molar-refractivity contribution is 5.87. The number of carbonyl (C=O) groups excluding carboxylic acids is 2. The lowest BCUT2D eigenvalue weighted by molar-refractivity contribution is -0.129. The normalized spacial score (nSPS) is 12.2. The summed E-state index contributed by atoms with van der Waals surface area (Å²) >= 11 is 0. The van der Waals surface area contributed by atoms with Gasteiger partial charge in [-0.15, -0.1) is 0 Å². The minimum absolute atomic E-state index is 0.203. The number of amides is 2. The molecule has 5 nitrogen and oxygen atoms in total. The second-order valence-electron chi connectivity index (χ2n) is 3.75. The van der Waals surface area contributed by atoms with Gasteiger partial charge >= 0.3 is 0 Å². The summed E-state index contributed by atoms with van der Waals surface area (Å²) in [5.74, 6) is -1.05. The van der Waals surface area contributed by atoms with Crippen molar-refractivity contribution >= 4 is 11.8 Å². The van der Waals surface area contributed by atoms with Gasteiger partial charge in [-0.1, -0.05) is 19.9 Å². The fourth-order valence-corrected chi connectivity index (χ4v) is 1.15. The zero-order valence-corrected chi connectivity index (χ0v) is 9.31. The quantitative estimate of drug-likeness (QED) is 0.770. The maximum Gasteiger partial charge on any atom is 0.246 e. The molecule has 0 spiro atoms. The van der Waals surface area contributed by atoms with Crippen molar-refractivity contribution in [3.05, 3.63) is 30.1 Å². The van der Waals surface area contributed by atoms with Crippen LogP contribution in [0.15, 0.2) is 24.4 Å². The van der Waals surface area contributed by atoms with E-state index < -0.39 is 11.9 Å². The number of pyridine rings is 1. The van der Waals surface area contributed by atoms with Crippen LogP contribution in [0.3, 0.4) is 0 Å². The third kappa shape index (κ3) is 3.05. The van der Waals surface area contributed by atoms with Gasteiger partial charge in [-0.3, -0.25) is 14.6 Å². The molecule has 0 bridgehead atoms. The van der Waals surface area contributed by atoms with Crippen LogP contribution < -0.4 is 11.1 Å². The molecule has 0 saturated heterocycles. The molecule has 0 aliphatic carbocycles. The summed E-state index contributed by atoms with van der Waals surface area (Å²) in [4.78, 5) is 26.7. The number of nitrogens with zero attached hydrogens (tertiary/aromatic N) is 1. The summed E-state index contributed by atoms with van der Waals surface area (Å²) < 4.78 is 0. The Morgan fingerprint density at radius 3 is 2.50 bits per heavy atom. The average molecular weight is 221 g/mol. The van der Waals surface area contributed by atoms with Crippen LogP contribution in [0.2, 0.25) is 0 Å². The van der Waals surface area contributed by atoms with E-state index in [1.54, 1.807) is 38.2 Å². The Morgan fingerprint density at radius 2 is 2.06 bits per heavy atom. The lowest BCUT2D eigenvalue weighted by Gasteiger charge is -2.16. The number of hydrogen-bond acceptors (Lipinski definition) is 3. The van der Waals surface area contributed by atoms with Crippen molar-refractivity contribution in [2.75, 3.05) is 0 Å². The molecule has 1 aromatic rings. The van der Waals surface area contributed by atoms with Crippen molar-refractivity contribution in [1.29, 1.82) is 0 Å². The molecule has 3 N–H and O–H groups in total. The first-order valence-corrected chi connectivity index (χ1v) is 5.03. The third-order valence-electron chi connectivity index (χ3n) is 2.08. The molecule has 1 rings (SSSR count). The number of nitrogens with one attached hydrogen (secondary N) is 1. The van der Waals surface area contributed by atoms with E-state index in [4.69, 9.17) is 5.73 Å². The van der Waals surface area contributed by atoms with Crippen LogP contribution in [0.1, 0.15) is 25.6 Å². The highest BCUT2D eigenvalue weighted by Gasteiger charge is 2.22. The summed E-state index contributed by atoms with van der Waals surface area (Å²) in [5, 5.41) is 2.56. The highest BCUT2D eigenvalue weighted by atomic mass is 16.2. The lowest BCUT2D eigenvalue weighted by atomic mass is 10.1. The Kier molecular flexibility index (Phi) is 3.99. The first-order valence-electron chi connectivity index (χ1n) is 5.03. The van der Waals surface area contributed by atoms with E-state index in [-0.39, 0.29) is 11.8 Å². The number of hydrogen-bond donors (Lipinski definition) is 2. The molecule has 1 atom stereocenters. The molecule has 0 aliphatic rings. The van der Waals surface area contributed by atoms with Crippen molar-refractivity contribution in [2.24, 2.45) is 11.7 Å². The fourth-order valence-electron chi connectivity index (χ4n) is 1.15. The van der Waals surface area contributed by atoms with Gasteiger partial charge < -0.3 is 11.1 Å².